The van der Waals surface area contributed by atoms with Crippen molar-refractivity contribution in [2.75, 3.05) is 11.5 Å². The van der Waals surface area contributed by atoms with Crippen molar-refractivity contribution in [1.82, 2.24) is 16.0 Å². The van der Waals surface area contributed by atoms with Gasteiger partial charge in [-0.25, -0.2) is 4.79 Å². The van der Waals surface area contributed by atoms with Crippen molar-refractivity contribution in [3.8, 4) is 0 Å². The Labute approximate surface area is 195 Å². The zero-order chi connectivity index (χ0) is 24.3. The van der Waals surface area contributed by atoms with E-state index in [-0.39, 0.29) is 17.9 Å². The molecular weight excluding hydrogens is 458 g/mol. The Kier molecular flexibility index (Phi) is 11.6. The second kappa shape index (κ2) is 13.6. The summed E-state index contributed by atoms with van der Waals surface area (Å²) in [5.74, 6) is -4.77. The highest BCUT2D eigenvalue weighted by Crippen LogP contribution is 2.06. The molecule has 0 saturated heterocycles. The van der Waals surface area contributed by atoms with Gasteiger partial charge in [-0.1, -0.05) is 30.3 Å². The second-order valence-electron chi connectivity index (χ2n) is 6.85. The molecule has 1 aromatic carbocycles. The molecule has 11 nitrogen and oxygen atoms in total. The van der Waals surface area contributed by atoms with Gasteiger partial charge >= 0.3 is 5.97 Å². The van der Waals surface area contributed by atoms with Gasteiger partial charge in [-0.15, -0.1) is 0 Å². The number of carboxylic acid groups (broad SMARTS) is 1. The van der Waals surface area contributed by atoms with Gasteiger partial charge in [-0.3, -0.25) is 19.2 Å². The molecule has 0 aliphatic carbocycles. The normalized spacial score (nSPS) is 14.3. The number of hydrogen-bond donors (Lipinski definition) is 8. The molecule has 0 aliphatic rings. The van der Waals surface area contributed by atoms with E-state index in [0.29, 0.717) is 5.56 Å². The maximum Gasteiger partial charge on any atom is 0.327 e. The molecule has 13 heteroatoms. The number of primary amides is 1. The minimum absolute atomic E-state index is 0.0402. The summed E-state index contributed by atoms with van der Waals surface area (Å²) in [6.45, 7) is 0. The van der Waals surface area contributed by atoms with Crippen LogP contribution >= 0.6 is 25.3 Å². The molecule has 4 amide bonds. The smallest absolute Gasteiger partial charge is 0.327 e. The Balaban J connectivity index is 3.06. The molecule has 0 saturated carbocycles. The number of hydrogen-bond acceptors (Lipinski definition) is 8. The number of carboxylic acids is 1. The third kappa shape index (κ3) is 9.16. The summed E-state index contributed by atoms with van der Waals surface area (Å²) in [5, 5.41) is 16.1. The fourth-order valence-electron chi connectivity index (χ4n) is 2.56. The van der Waals surface area contributed by atoms with Gasteiger partial charge in [-0.05, 0) is 5.56 Å². The van der Waals surface area contributed by atoms with Crippen LogP contribution in [0, 0.1) is 0 Å². The number of benzene rings is 1. The number of carbonyl (C=O) groups excluding carboxylic acids is 4. The molecule has 0 aliphatic heterocycles. The van der Waals surface area contributed by atoms with Crippen LogP contribution in [0.1, 0.15) is 12.0 Å². The summed E-state index contributed by atoms with van der Waals surface area (Å²) >= 11 is 7.81. The summed E-state index contributed by atoms with van der Waals surface area (Å²) < 4.78 is 0. The molecule has 8 N–H and O–H groups in total. The van der Waals surface area contributed by atoms with Crippen molar-refractivity contribution in [2.24, 2.45) is 11.5 Å². The van der Waals surface area contributed by atoms with Crippen molar-refractivity contribution >= 4 is 54.9 Å². The highest BCUT2D eigenvalue weighted by Gasteiger charge is 2.31. The quantitative estimate of drug-likeness (QED) is 0.146. The number of nitrogens with one attached hydrogen (secondary N) is 3. The maximum atomic E-state index is 12.9. The molecule has 32 heavy (non-hydrogen) atoms. The van der Waals surface area contributed by atoms with Crippen LogP contribution in [-0.4, -0.2) is 70.4 Å². The lowest BCUT2D eigenvalue weighted by atomic mass is 10.0. The summed E-state index contributed by atoms with van der Waals surface area (Å²) in [4.78, 5) is 60.2. The number of aliphatic carboxylic acids is 1. The van der Waals surface area contributed by atoms with Gasteiger partial charge in [-0.2, -0.15) is 25.3 Å². The van der Waals surface area contributed by atoms with Crippen molar-refractivity contribution in [2.45, 2.75) is 37.0 Å². The van der Waals surface area contributed by atoms with Crippen molar-refractivity contribution in [3.05, 3.63) is 35.9 Å². The predicted molar refractivity (Wildman–Crippen MR) is 123 cm³/mol. The number of rotatable bonds is 13. The molecule has 4 atom stereocenters. The zero-order valence-corrected chi connectivity index (χ0v) is 18.9. The first-order valence-electron chi connectivity index (χ1n) is 9.52. The largest absolute Gasteiger partial charge is 0.480 e. The Bertz CT molecular complexity index is 826. The van der Waals surface area contributed by atoms with Gasteiger partial charge in [0.15, 0.2) is 0 Å². The van der Waals surface area contributed by atoms with E-state index in [0.717, 1.165) is 0 Å². The molecule has 0 heterocycles. The zero-order valence-electron chi connectivity index (χ0n) is 17.1. The average Bonchev–Trinajstić information content (AvgIpc) is 2.75. The van der Waals surface area contributed by atoms with Crippen LogP contribution in [0.25, 0.3) is 0 Å². The SMILES string of the molecule is NC(=O)CC(NC(=O)C(Cc1ccccc1)NC(=O)C(N)CS)C(=O)NC(CS)C(=O)O. The number of thiol groups is 2. The third-order valence-electron chi connectivity index (χ3n) is 4.28. The van der Waals surface area contributed by atoms with Crippen LogP contribution in [0.3, 0.4) is 0 Å². The number of nitrogens with two attached hydrogens (primary N) is 2. The van der Waals surface area contributed by atoms with Crippen molar-refractivity contribution in [3.63, 3.8) is 0 Å². The first-order valence-corrected chi connectivity index (χ1v) is 10.8. The van der Waals surface area contributed by atoms with Gasteiger partial charge in [0.25, 0.3) is 0 Å². The molecule has 0 spiro atoms. The van der Waals surface area contributed by atoms with Crippen molar-refractivity contribution < 1.29 is 29.1 Å². The highest BCUT2D eigenvalue weighted by atomic mass is 32.1. The lowest BCUT2D eigenvalue weighted by molar-refractivity contribution is -0.141. The second-order valence-corrected chi connectivity index (χ2v) is 7.58. The first kappa shape index (κ1) is 27.3. The molecule has 176 valence electrons. The summed E-state index contributed by atoms with van der Waals surface area (Å²) in [7, 11) is 0. The number of carbonyl (C=O) groups is 5. The maximum absolute atomic E-state index is 12.9. The van der Waals surface area contributed by atoms with Crippen LogP contribution in [-0.2, 0) is 30.4 Å². The van der Waals surface area contributed by atoms with E-state index < -0.39 is 60.2 Å². The van der Waals surface area contributed by atoms with E-state index in [1.54, 1.807) is 30.3 Å². The predicted octanol–water partition coefficient (Wildman–Crippen LogP) is -2.17. The Morgan fingerprint density at radius 1 is 0.844 bits per heavy atom. The molecule has 0 bridgehead atoms. The standard InChI is InChI=1S/C19H27N5O6S2/c20-11(8-31)16(26)22-12(6-10-4-2-1-3-5-10)17(27)23-13(7-15(21)25)18(28)24-14(9-32)19(29)30/h1-5,11-14,31-32H,6-9,20H2,(H2,21,25)(H,22,26)(H,23,27)(H,24,28)(H,29,30). The lowest BCUT2D eigenvalue weighted by Gasteiger charge is -2.24. The van der Waals surface area contributed by atoms with E-state index in [1.165, 1.54) is 0 Å². The minimum atomic E-state index is -1.46. The molecule has 4 unspecified atom stereocenters. The first-order chi connectivity index (χ1) is 15.1. The Morgan fingerprint density at radius 2 is 1.38 bits per heavy atom. The third-order valence-corrected chi connectivity index (χ3v) is 5.04. The van der Waals surface area contributed by atoms with Crippen LogP contribution in [0.4, 0.5) is 0 Å². The Morgan fingerprint density at radius 3 is 1.88 bits per heavy atom. The van der Waals surface area contributed by atoms with E-state index in [9.17, 15) is 24.0 Å². The van der Waals surface area contributed by atoms with Gasteiger partial charge in [0, 0.05) is 17.9 Å². The molecule has 0 fully saturated rings. The topological polar surface area (TPSA) is 194 Å². The fourth-order valence-corrected chi connectivity index (χ4v) is 2.97. The highest BCUT2D eigenvalue weighted by molar-refractivity contribution is 7.80. The van der Waals surface area contributed by atoms with E-state index in [2.05, 4.69) is 41.2 Å². The summed E-state index contributed by atoms with van der Waals surface area (Å²) in [6, 6.07) is 3.84. The van der Waals surface area contributed by atoms with E-state index in [4.69, 9.17) is 16.6 Å². The van der Waals surface area contributed by atoms with E-state index >= 15 is 0 Å². The summed E-state index contributed by atoms with van der Waals surface area (Å²) in [5.41, 5.74) is 11.5. The number of amides is 4. The van der Waals surface area contributed by atoms with Crippen molar-refractivity contribution in [1.29, 1.82) is 0 Å². The molecule has 1 aromatic rings. The van der Waals surface area contributed by atoms with Gasteiger partial charge in [0.2, 0.25) is 23.6 Å². The van der Waals surface area contributed by atoms with E-state index in [1.807, 2.05) is 0 Å². The van der Waals surface area contributed by atoms with Crippen LogP contribution in [0.2, 0.25) is 0 Å². The molecule has 0 radical (unpaired) electrons. The Hall–Kier alpha value is -2.77. The average molecular weight is 486 g/mol. The molecule has 0 aromatic heterocycles. The van der Waals surface area contributed by atoms with Crippen LogP contribution in [0.5, 0.6) is 0 Å². The van der Waals surface area contributed by atoms with Gasteiger partial charge in [0.05, 0.1) is 12.5 Å². The minimum Gasteiger partial charge on any atom is -0.480 e. The van der Waals surface area contributed by atoms with Gasteiger partial charge in [0.1, 0.15) is 18.1 Å². The lowest BCUT2D eigenvalue weighted by Crippen LogP contribution is -2.58. The molecular formula is C19H27N5O6S2. The van der Waals surface area contributed by atoms with Crippen LogP contribution < -0.4 is 27.4 Å². The molecule has 1 rings (SSSR count). The fraction of sp³-hybridized carbons (Fsp3) is 0.421. The monoisotopic (exact) mass is 485 g/mol. The van der Waals surface area contributed by atoms with Gasteiger partial charge < -0.3 is 32.5 Å². The summed E-state index contributed by atoms with van der Waals surface area (Å²) in [6.07, 6.45) is -0.518. The van der Waals surface area contributed by atoms with Crippen LogP contribution in [0.15, 0.2) is 30.3 Å².